The van der Waals surface area contributed by atoms with Gasteiger partial charge < -0.3 is 19.8 Å². The molecule has 154 valence electrons. The summed E-state index contributed by atoms with van der Waals surface area (Å²) in [7, 11) is -1.35. The Morgan fingerprint density at radius 3 is 2.62 bits per heavy atom. The van der Waals surface area contributed by atoms with Crippen LogP contribution >= 0.6 is 21.6 Å². The molecule has 3 aromatic rings. The third kappa shape index (κ3) is 5.14. The molecule has 1 atom stereocenters. The molecule has 29 heavy (non-hydrogen) atoms. The molecule has 7 heteroatoms. The second kappa shape index (κ2) is 9.22. The van der Waals surface area contributed by atoms with Gasteiger partial charge >= 0.3 is 0 Å². The summed E-state index contributed by atoms with van der Waals surface area (Å²) in [5.74, 6) is 2.69. The van der Waals surface area contributed by atoms with Crippen molar-refractivity contribution < 1.29 is 9.47 Å². The van der Waals surface area contributed by atoms with Gasteiger partial charge in [-0.15, -0.1) is 0 Å². The summed E-state index contributed by atoms with van der Waals surface area (Å²) in [5.41, 5.74) is 8.23. The van der Waals surface area contributed by atoms with Gasteiger partial charge in [0, 0.05) is 28.9 Å². The second-order valence-electron chi connectivity index (χ2n) is 7.24. The van der Waals surface area contributed by atoms with Gasteiger partial charge in [-0.25, -0.2) is 4.98 Å². The number of ether oxygens (including phenoxy) is 2. The van der Waals surface area contributed by atoms with Crippen LogP contribution in [0, 0.1) is 0 Å². The first-order valence-corrected chi connectivity index (χ1v) is 12.2. The largest absolute Gasteiger partial charge is 0.399 e. The third-order valence-corrected chi connectivity index (χ3v) is 9.35. The van der Waals surface area contributed by atoms with Gasteiger partial charge in [0.25, 0.3) is 0 Å². The number of nitrogens with two attached hydrogens (primary N) is 1. The summed E-state index contributed by atoms with van der Waals surface area (Å²) in [6, 6.07) is 16.4. The van der Waals surface area contributed by atoms with Gasteiger partial charge in [0.05, 0.1) is 25.4 Å². The van der Waals surface area contributed by atoms with Crippen LogP contribution < -0.4 is 5.73 Å². The average molecular weight is 432 g/mol. The van der Waals surface area contributed by atoms with Crippen LogP contribution in [-0.4, -0.2) is 40.6 Å². The van der Waals surface area contributed by atoms with Crippen molar-refractivity contribution in [3.05, 3.63) is 77.8 Å². The summed E-state index contributed by atoms with van der Waals surface area (Å²) < 4.78 is 13.9. The van der Waals surface area contributed by atoms with Crippen molar-refractivity contribution in [2.45, 2.75) is 23.5 Å². The van der Waals surface area contributed by atoms with Gasteiger partial charge in [0.1, 0.15) is 0 Å². The number of anilines is 1. The molecule has 1 saturated heterocycles. The van der Waals surface area contributed by atoms with Crippen LogP contribution in [0.3, 0.4) is 0 Å². The van der Waals surface area contributed by atoms with E-state index in [1.165, 1.54) is 10.5 Å². The highest BCUT2D eigenvalue weighted by Crippen LogP contribution is 2.58. The number of imidazole rings is 1. The molecular weight excluding hydrogens is 406 g/mol. The van der Waals surface area contributed by atoms with Crippen LogP contribution in [0.4, 0.5) is 5.69 Å². The van der Waals surface area contributed by atoms with Crippen molar-refractivity contribution >= 4 is 27.3 Å². The van der Waals surface area contributed by atoms with Crippen molar-refractivity contribution in [2.75, 3.05) is 30.5 Å². The number of benzene rings is 2. The number of hydrogen-bond acceptors (Lipinski definition) is 4. The van der Waals surface area contributed by atoms with E-state index >= 15 is 0 Å². The Hall–Kier alpha value is -1.99. The van der Waals surface area contributed by atoms with Gasteiger partial charge in [-0.1, -0.05) is 29.8 Å². The van der Waals surface area contributed by atoms with Gasteiger partial charge in [-0.3, -0.25) is 0 Å². The van der Waals surface area contributed by atoms with E-state index in [2.05, 4.69) is 33.8 Å². The molecule has 1 fully saturated rings. The molecule has 1 unspecified atom stereocenters. The third-order valence-electron chi connectivity index (χ3n) is 5.15. The second-order valence-corrected chi connectivity index (χ2v) is 11.2. The minimum absolute atomic E-state index is 0.180. The van der Waals surface area contributed by atoms with Crippen molar-refractivity contribution in [1.82, 2.24) is 9.55 Å². The van der Waals surface area contributed by atoms with E-state index in [1.54, 1.807) is 0 Å². The van der Waals surface area contributed by atoms with Crippen LogP contribution in [0.15, 0.2) is 72.1 Å². The number of nitrogens with zero attached hydrogens (tertiary/aromatic N) is 2. The minimum Gasteiger partial charge on any atom is -0.399 e. The van der Waals surface area contributed by atoms with Crippen molar-refractivity contribution in [3.8, 4) is 0 Å². The van der Waals surface area contributed by atoms with Gasteiger partial charge in [-0.2, -0.15) is 10.0 Å². The molecule has 2 N–H and O–H groups in total. The Morgan fingerprint density at radius 1 is 1.14 bits per heavy atom. The maximum Gasteiger partial charge on any atom is 0.165 e. The maximum atomic E-state index is 6.18. The molecule has 1 aliphatic rings. The summed E-state index contributed by atoms with van der Waals surface area (Å²) in [4.78, 5) is 5.53. The normalized spacial score (nSPS) is 17.8. The Kier molecular flexibility index (Phi) is 6.45. The smallest absolute Gasteiger partial charge is 0.165 e. The fraction of sp³-hybridized carbons (Fsp3) is 0.318. The highest BCUT2D eigenvalue weighted by atomic mass is 35.5. The Labute approximate surface area is 178 Å². The first-order valence-electron chi connectivity index (χ1n) is 9.68. The zero-order valence-corrected chi connectivity index (χ0v) is 17.8. The first-order chi connectivity index (χ1) is 14.1. The Bertz CT molecular complexity index is 914. The number of aryl methyl sites for hydroxylation is 1. The first kappa shape index (κ1) is 20.3. The highest BCUT2D eigenvalue weighted by Gasteiger charge is 2.33. The molecule has 1 aliphatic heterocycles. The number of halogens is 1. The van der Waals surface area contributed by atoms with Crippen LogP contribution in [0.5, 0.6) is 0 Å². The zero-order chi connectivity index (χ0) is 20.1. The number of aromatic nitrogens is 2. The monoisotopic (exact) mass is 431 g/mol. The predicted molar refractivity (Wildman–Crippen MR) is 120 cm³/mol. The highest BCUT2D eigenvalue weighted by molar-refractivity contribution is 8.33. The molecule has 0 bridgehead atoms. The van der Waals surface area contributed by atoms with Gasteiger partial charge in [-0.05, 0) is 53.0 Å². The fourth-order valence-electron chi connectivity index (χ4n) is 3.65. The van der Waals surface area contributed by atoms with Crippen molar-refractivity contribution in [3.63, 3.8) is 0 Å². The van der Waals surface area contributed by atoms with E-state index in [9.17, 15) is 0 Å². The Morgan fingerprint density at radius 2 is 1.93 bits per heavy atom. The molecule has 0 amide bonds. The molecule has 1 aromatic heterocycles. The fourth-order valence-corrected chi connectivity index (χ4v) is 7.57. The van der Waals surface area contributed by atoms with E-state index in [4.69, 9.17) is 26.8 Å². The maximum absolute atomic E-state index is 6.18. The lowest BCUT2D eigenvalue weighted by Gasteiger charge is -2.42. The van der Waals surface area contributed by atoms with Crippen LogP contribution in [-0.2, 0) is 21.8 Å². The lowest BCUT2D eigenvalue weighted by atomic mass is 10.2. The average Bonchev–Trinajstić information content (AvgIpc) is 3.41. The molecular formula is C22H26ClN3O2S. The lowest BCUT2D eigenvalue weighted by molar-refractivity contribution is -0.0221. The SMILES string of the molecule is Nc1cccc(S(CCc2ccc(Cl)cc2)(CC2OCCO2)Cn2ccnc2)c1. The van der Waals surface area contributed by atoms with Crippen molar-refractivity contribution in [1.29, 1.82) is 0 Å². The van der Waals surface area contributed by atoms with Gasteiger partial charge in [0.15, 0.2) is 6.29 Å². The number of hydrogen-bond donors (Lipinski definition) is 1. The quantitative estimate of drug-likeness (QED) is 0.531. The summed E-state index contributed by atoms with van der Waals surface area (Å²) in [5, 5.41) is 0.759. The predicted octanol–water partition coefficient (Wildman–Crippen LogP) is 4.56. The number of rotatable bonds is 8. The van der Waals surface area contributed by atoms with E-state index in [1.807, 2.05) is 43.0 Å². The van der Waals surface area contributed by atoms with E-state index in [-0.39, 0.29) is 6.29 Å². The molecule has 0 radical (unpaired) electrons. The van der Waals surface area contributed by atoms with E-state index in [0.717, 1.165) is 34.5 Å². The Balaban J connectivity index is 1.69. The molecule has 5 nitrogen and oxygen atoms in total. The molecule has 0 saturated carbocycles. The van der Waals surface area contributed by atoms with Crippen molar-refractivity contribution in [2.24, 2.45) is 0 Å². The zero-order valence-electron chi connectivity index (χ0n) is 16.2. The minimum atomic E-state index is -1.35. The molecule has 0 aliphatic carbocycles. The van der Waals surface area contributed by atoms with E-state index < -0.39 is 10.0 Å². The summed E-state index contributed by atoms with van der Waals surface area (Å²) in [6.45, 7) is 1.30. The van der Waals surface area contributed by atoms with Gasteiger partial charge in [0.2, 0.25) is 0 Å². The van der Waals surface area contributed by atoms with E-state index in [0.29, 0.717) is 13.2 Å². The van der Waals surface area contributed by atoms with Crippen LogP contribution in [0.25, 0.3) is 0 Å². The molecule has 2 aromatic carbocycles. The van der Waals surface area contributed by atoms with Crippen LogP contribution in [0.1, 0.15) is 5.56 Å². The summed E-state index contributed by atoms with van der Waals surface area (Å²) in [6.07, 6.45) is 6.49. The van der Waals surface area contributed by atoms with Crippen LogP contribution in [0.2, 0.25) is 5.02 Å². The molecule has 2 heterocycles. The summed E-state index contributed by atoms with van der Waals surface area (Å²) >= 11 is 6.07. The standard InChI is InChI=1S/C22H26ClN3O2S/c23-19-6-4-18(5-7-19)8-13-29(15-22-27-11-12-28-22,17-26-10-9-25-16-26)21-3-1-2-20(24)14-21/h1-7,9-10,14,16,22H,8,11-13,15,17,24H2. The number of nitrogen functional groups attached to an aromatic ring is 1. The molecule has 4 rings (SSSR count). The lowest BCUT2D eigenvalue weighted by Crippen LogP contribution is -2.26. The topological polar surface area (TPSA) is 62.3 Å². The molecule has 0 spiro atoms.